The monoisotopic (exact) mass is 491 g/mol. The minimum atomic E-state index is -4.50. The normalized spacial score (nSPS) is 19.9. The van der Waals surface area contributed by atoms with Crippen LogP contribution in [0.5, 0.6) is 5.75 Å². The van der Waals surface area contributed by atoms with Crippen LogP contribution in [0.3, 0.4) is 0 Å². The number of halogens is 3. The number of nitro benzene ring substituents is 1. The number of nitro groups is 1. The maximum atomic E-state index is 13.8. The second-order valence-electron chi connectivity index (χ2n) is 8.61. The summed E-state index contributed by atoms with van der Waals surface area (Å²) in [5.74, 6) is 0.0680. The topological polar surface area (TPSA) is 117 Å². The molecule has 2 aromatic heterocycles. The quantitative estimate of drug-likeness (QED) is 0.365. The van der Waals surface area contributed by atoms with Gasteiger partial charge in [-0.2, -0.15) is 18.3 Å². The molecular weight excluding hydrogens is 471 g/mol. The van der Waals surface area contributed by atoms with E-state index in [4.69, 9.17) is 9.26 Å². The highest BCUT2D eigenvalue weighted by atomic mass is 19.4. The Balaban J connectivity index is 1.43. The lowest BCUT2D eigenvalue weighted by Gasteiger charge is -2.40. The van der Waals surface area contributed by atoms with Gasteiger partial charge in [0, 0.05) is 24.2 Å². The fraction of sp³-hybridized carbons (Fsp3) is 0.409. The number of hydrogen-bond acceptors (Lipinski definition) is 7. The molecule has 0 spiro atoms. The summed E-state index contributed by atoms with van der Waals surface area (Å²) < 4.78 is 53.0. The third-order valence-corrected chi connectivity index (χ3v) is 6.37. The Bertz CT molecular complexity index is 1270. The highest BCUT2D eigenvalue weighted by Gasteiger charge is 2.53. The van der Waals surface area contributed by atoms with Crippen molar-refractivity contribution in [1.29, 1.82) is 0 Å². The zero-order valence-electron chi connectivity index (χ0n) is 18.4. The molecule has 0 radical (unpaired) electrons. The molecular formula is C22H20F3N5O5. The molecule has 10 nitrogen and oxygen atoms in total. The second kappa shape index (κ2) is 8.40. The van der Waals surface area contributed by atoms with E-state index in [9.17, 15) is 28.1 Å². The Labute approximate surface area is 196 Å². The predicted molar refractivity (Wildman–Crippen MR) is 114 cm³/mol. The molecule has 5 rings (SSSR count). The fourth-order valence-corrected chi connectivity index (χ4v) is 4.42. The number of aromatic nitrogens is 3. The van der Waals surface area contributed by atoms with Crippen LogP contribution >= 0.6 is 0 Å². The number of carbonyl (C=O) groups excluding carboxylic acids is 1. The van der Waals surface area contributed by atoms with E-state index >= 15 is 0 Å². The van der Waals surface area contributed by atoms with Crippen LogP contribution in [0.25, 0.3) is 0 Å². The van der Waals surface area contributed by atoms with Crippen molar-refractivity contribution in [3.05, 3.63) is 63.7 Å². The standard InChI is InChI=1S/C22H20F3N5O5/c1-12-16(11-34-15-6-4-14(5-7-15)30(32)33)20(27-35-12)21(31)28-17(13-2-3-13)10-18(22(23,24)25)29-19(28)8-9-26-29/h4-9,13,17-18H,2-3,10-11H2,1H3/t17-,18-/m1/s1. The number of hydrogen-bond donors (Lipinski definition) is 0. The van der Waals surface area contributed by atoms with Crippen molar-refractivity contribution in [2.45, 2.75) is 51.1 Å². The number of fused-ring (bicyclic) bond motifs is 1. The third kappa shape index (κ3) is 4.21. The van der Waals surface area contributed by atoms with E-state index in [2.05, 4.69) is 10.3 Å². The van der Waals surface area contributed by atoms with E-state index in [0.717, 1.165) is 17.5 Å². The number of rotatable bonds is 6. The smallest absolute Gasteiger partial charge is 0.410 e. The van der Waals surface area contributed by atoms with E-state index in [-0.39, 0.29) is 36.1 Å². The number of anilines is 1. The first-order valence-corrected chi connectivity index (χ1v) is 10.9. The fourth-order valence-electron chi connectivity index (χ4n) is 4.42. The molecule has 0 N–H and O–H groups in total. The zero-order valence-corrected chi connectivity index (χ0v) is 18.4. The van der Waals surface area contributed by atoms with Crippen LogP contribution in [0.4, 0.5) is 24.7 Å². The molecule has 1 saturated carbocycles. The van der Waals surface area contributed by atoms with Crippen molar-refractivity contribution in [2.75, 3.05) is 4.90 Å². The van der Waals surface area contributed by atoms with Crippen LogP contribution < -0.4 is 9.64 Å². The lowest BCUT2D eigenvalue weighted by Crippen LogP contribution is -2.50. The molecule has 3 aromatic rings. The van der Waals surface area contributed by atoms with Gasteiger partial charge in [-0.1, -0.05) is 5.16 Å². The molecule has 0 saturated heterocycles. The van der Waals surface area contributed by atoms with Gasteiger partial charge in [0.05, 0.1) is 16.7 Å². The summed E-state index contributed by atoms with van der Waals surface area (Å²) >= 11 is 0. The van der Waals surface area contributed by atoms with Gasteiger partial charge in [0.25, 0.3) is 11.6 Å². The Kier molecular flexibility index (Phi) is 5.49. The minimum absolute atomic E-state index is 0.0414. The molecule has 0 bridgehead atoms. The number of benzene rings is 1. The number of carbonyl (C=O) groups is 1. The molecule has 1 fully saturated rings. The van der Waals surface area contributed by atoms with Crippen molar-refractivity contribution in [3.8, 4) is 5.75 Å². The highest BCUT2D eigenvalue weighted by Crippen LogP contribution is 2.48. The van der Waals surface area contributed by atoms with Gasteiger partial charge in [-0.05, 0) is 44.2 Å². The van der Waals surface area contributed by atoms with Crippen molar-refractivity contribution >= 4 is 17.4 Å². The summed E-state index contributed by atoms with van der Waals surface area (Å²) in [5, 5.41) is 18.6. The summed E-state index contributed by atoms with van der Waals surface area (Å²) in [7, 11) is 0. The van der Waals surface area contributed by atoms with Crippen LogP contribution in [0.15, 0.2) is 41.1 Å². The Hall–Kier alpha value is -3.90. The number of ether oxygens (including phenoxy) is 1. The van der Waals surface area contributed by atoms with Gasteiger partial charge in [0.15, 0.2) is 11.7 Å². The molecule has 1 aliphatic heterocycles. The van der Waals surface area contributed by atoms with Gasteiger partial charge < -0.3 is 9.26 Å². The van der Waals surface area contributed by atoms with Gasteiger partial charge in [0.1, 0.15) is 23.9 Å². The van der Waals surface area contributed by atoms with Crippen molar-refractivity contribution in [1.82, 2.24) is 14.9 Å². The molecule has 1 aliphatic carbocycles. The zero-order chi connectivity index (χ0) is 24.9. The molecule has 3 heterocycles. The second-order valence-corrected chi connectivity index (χ2v) is 8.61. The van der Waals surface area contributed by atoms with Gasteiger partial charge in [-0.15, -0.1) is 0 Å². The van der Waals surface area contributed by atoms with Crippen LogP contribution in [-0.4, -0.2) is 38.0 Å². The average Bonchev–Trinajstić information content (AvgIpc) is 3.43. The van der Waals surface area contributed by atoms with Gasteiger partial charge in [-0.3, -0.25) is 19.8 Å². The molecule has 35 heavy (non-hydrogen) atoms. The SMILES string of the molecule is Cc1onc(C(=O)N2c3ccnn3[C@@H](C(F)(F)F)C[C@@H]2C2CC2)c1COc1ccc([N+](=O)[O-])cc1. The van der Waals surface area contributed by atoms with E-state index in [1.165, 1.54) is 41.4 Å². The number of non-ortho nitro benzene ring substituents is 1. The predicted octanol–water partition coefficient (Wildman–Crippen LogP) is 4.60. The maximum absolute atomic E-state index is 13.8. The maximum Gasteiger partial charge on any atom is 0.410 e. The first kappa shape index (κ1) is 22.9. The van der Waals surface area contributed by atoms with Gasteiger partial charge in [0.2, 0.25) is 0 Å². The first-order valence-electron chi connectivity index (χ1n) is 10.9. The molecule has 0 unspecified atom stereocenters. The van der Waals surface area contributed by atoms with Gasteiger partial charge in [-0.25, -0.2) is 4.68 Å². The number of aryl methyl sites for hydroxylation is 1. The minimum Gasteiger partial charge on any atom is -0.489 e. The van der Waals surface area contributed by atoms with Crippen LogP contribution in [0.1, 0.15) is 47.1 Å². The number of amides is 1. The summed E-state index contributed by atoms with van der Waals surface area (Å²) in [6, 6.07) is 4.34. The molecule has 2 aliphatic rings. The average molecular weight is 491 g/mol. The highest BCUT2D eigenvalue weighted by molar-refractivity contribution is 6.06. The largest absolute Gasteiger partial charge is 0.489 e. The molecule has 184 valence electrons. The van der Waals surface area contributed by atoms with E-state index < -0.39 is 29.1 Å². The van der Waals surface area contributed by atoms with Crippen LogP contribution in [0, 0.1) is 23.0 Å². The number of nitrogens with zero attached hydrogens (tertiary/aromatic N) is 5. The van der Waals surface area contributed by atoms with Crippen LogP contribution in [0.2, 0.25) is 0 Å². The van der Waals surface area contributed by atoms with Gasteiger partial charge >= 0.3 is 6.18 Å². The lowest BCUT2D eigenvalue weighted by atomic mass is 9.97. The van der Waals surface area contributed by atoms with Crippen molar-refractivity contribution in [3.63, 3.8) is 0 Å². The molecule has 1 aromatic carbocycles. The van der Waals surface area contributed by atoms with Crippen molar-refractivity contribution in [2.24, 2.45) is 5.92 Å². The van der Waals surface area contributed by atoms with Crippen molar-refractivity contribution < 1.29 is 32.1 Å². The lowest BCUT2D eigenvalue weighted by molar-refractivity contribution is -0.384. The summed E-state index contributed by atoms with van der Waals surface area (Å²) in [5.41, 5.74) is 0.180. The first-order chi connectivity index (χ1) is 16.6. The summed E-state index contributed by atoms with van der Waals surface area (Å²) in [6.45, 7) is 1.47. The Morgan fingerprint density at radius 3 is 2.60 bits per heavy atom. The van der Waals surface area contributed by atoms with E-state index in [1.807, 2.05) is 0 Å². The van der Waals surface area contributed by atoms with E-state index in [1.54, 1.807) is 6.92 Å². The molecule has 2 atom stereocenters. The summed E-state index contributed by atoms with van der Waals surface area (Å²) in [4.78, 5) is 25.3. The Morgan fingerprint density at radius 2 is 1.97 bits per heavy atom. The number of alkyl halides is 3. The van der Waals surface area contributed by atoms with E-state index in [0.29, 0.717) is 17.1 Å². The summed E-state index contributed by atoms with van der Waals surface area (Å²) in [6.07, 6.45) is -2.07. The molecule has 13 heteroatoms. The molecule has 1 amide bonds. The van der Waals surface area contributed by atoms with Crippen LogP contribution in [-0.2, 0) is 6.61 Å². The Morgan fingerprint density at radius 1 is 1.26 bits per heavy atom. The third-order valence-electron chi connectivity index (χ3n) is 6.37.